The third kappa shape index (κ3) is 2.70. The van der Waals surface area contributed by atoms with E-state index in [4.69, 9.17) is 4.74 Å². The molecule has 118 valence electrons. The number of likely N-dealkylation sites (tertiary alicyclic amines) is 1. The van der Waals surface area contributed by atoms with Gasteiger partial charge in [-0.15, -0.1) is 0 Å². The molecule has 0 unspecified atom stereocenters. The molecule has 0 amide bonds. The Morgan fingerprint density at radius 1 is 1.36 bits per heavy atom. The van der Waals surface area contributed by atoms with Crippen LogP contribution in [0.4, 0.5) is 0 Å². The summed E-state index contributed by atoms with van der Waals surface area (Å²) in [6.45, 7) is 6.60. The molecule has 1 aliphatic rings. The molecule has 3 rings (SSSR count). The maximum Gasteiger partial charge on any atom is 0.341 e. The quantitative estimate of drug-likeness (QED) is 0.813. The molecule has 2 aromatic heterocycles. The molecule has 6 heteroatoms. The molecule has 0 aliphatic carbocycles. The monoisotopic (exact) mass is 302 g/mol. The lowest BCUT2D eigenvalue weighted by molar-refractivity contribution is 0.0602. The zero-order chi connectivity index (χ0) is 15.7. The number of nitrogens with zero attached hydrogens (tertiary/aromatic N) is 4. The Balaban J connectivity index is 1.85. The van der Waals surface area contributed by atoms with Gasteiger partial charge in [-0.1, -0.05) is 0 Å². The van der Waals surface area contributed by atoms with Crippen molar-refractivity contribution in [3.8, 4) is 0 Å². The maximum absolute atomic E-state index is 11.8. The molecule has 0 radical (unpaired) electrons. The normalized spacial score (nSPS) is 17.3. The van der Waals surface area contributed by atoms with Gasteiger partial charge in [-0.25, -0.2) is 14.3 Å². The summed E-state index contributed by atoms with van der Waals surface area (Å²) in [5, 5.41) is 4.56. The molecule has 0 spiro atoms. The van der Waals surface area contributed by atoms with Crippen LogP contribution in [0.3, 0.4) is 0 Å². The van der Waals surface area contributed by atoms with Gasteiger partial charge in [0.2, 0.25) is 0 Å². The highest BCUT2D eigenvalue weighted by atomic mass is 16.5. The van der Waals surface area contributed by atoms with Crippen molar-refractivity contribution < 1.29 is 9.53 Å². The summed E-state index contributed by atoms with van der Waals surface area (Å²) >= 11 is 0. The molecule has 1 saturated heterocycles. The van der Waals surface area contributed by atoms with Gasteiger partial charge in [0.25, 0.3) is 0 Å². The Labute approximate surface area is 130 Å². The molecule has 0 saturated carbocycles. The van der Waals surface area contributed by atoms with Gasteiger partial charge in [0.05, 0.1) is 7.11 Å². The second-order valence-corrected chi connectivity index (χ2v) is 6.06. The van der Waals surface area contributed by atoms with Crippen molar-refractivity contribution in [2.75, 3.05) is 20.2 Å². The number of ether oxygens (including phenoxy) is 1. The number of aromatic nitrogens is 3. The largest absolute Gasteiger partial charge is 0.465 e. The Bertz CT molecular complexity index is 672. The number of carbonyl (C=O) groups is 1. The van der Waals surface area contributed by atoms with Crippen LogP contribution in [0, 0.1) is 0 Å². The number of hydrogen-bond donors (Lipinski definition) is 0. The van der Waals surface area contributed by atoms with Crippen molar-refractivity contribution in [2.24, 2.45) is 0 Å². The van der Waals surface area contributed by atoms with E-state index in [1.165, 1.54) is 7.11 Å². The summed E-state index contributed by atoms with van der Waals surface area (Å²) in [4.78, 5) is 18.9. The number of hydrogen-bond acceptors (Lipinski definition) is 5. The molecule has 1 fully saturated rings. The van der Waals surface area contributed by atoms with Gasteiger partial charge in [0.15, 0.2) is 11.5 Å². The minimum atomic E-state index is -0.376. The van der Waals surface area contributed by atoms with Crippen molar-refractivity contribution in [3.05, 3.63) is 29.7 Å². The van der Waals surface area contributed by atoms with E-state index in [1.807, 2.05) is 6.20 Å². The van der Waals surface area contributed by atoms with Gasteiger partial charge < -0.3 is 9.64 Å². The number of rotatable bonds is 3. The molecule has 0 bridgehead atoms. The summed E-state index contributed by atoms with van der Waals surface area (Å²) in [7, 11) is 1.38. The van der Waals surface area contributed by atoms with Crippen LogP contribution >= 0.6 is 0 Å². The number of pyridine rings is 1. The molecule has 6 nitrogen and oxygen atoms in total. The number of piperidine rings is 1. The van der Waals surface area contributed by atoms with E-state index in [1.54, 1.807) is 16.6 Å². The lowest BCUT2D eigenvalue weighted by Crippen LogP contribution is -2.38. The van der Waals surface area contributed by atoms with E-state index in [0.29, 0.717) is 23.2 Å². The highest BCUT2D eigenvalue weighted by Crippen LogP contribution is 2.27. The highest BCUT2D eigenvalue weighted by Gasteiger charge is 2.26. The topological polar surface area (TPSA) is 59.7 Å². The first kappa shape index (κ1) is 15.0. The lowest BCUT2D eigenvalue weighted by Gasteiger charge is -2.33. The average molecular weight is 302 g/mol. The molecule has 0 atom stereocenters. The van der Waals surface area contributed by atoms with Crippen molar-refractivity contribution in [1.82, 2.24) is 19.5 Å². The second-order valence-electron chi connectivity index (χ2n) is 6.06. The smallest absolute Gasteiger partial charge is 0.341 e. The van der Waals surface area contributed by atoms with Crippen LogP contribution in [-0.4, -0.2) is 51.7 Å². The lowest BCUT2D eigenvalue weighted by atomic mass is 9.95. The van der Waals surface area contributed by atoms with Gasteiger partial charge in [-0.3, -0.25) is 0 Å². The minimum absolute atomic E-state index is 0.361. The van der Waals surface area contributed by atoms with E-state index in [2.05, 4.69) is 28.8 Å². The standard InChI is InChI=1S/C16H22N4O2/c1-11(2)19-9-6-12(7-10-19)14-17-15-13(16(21)22-3)5-4-8-20(15)18-14/h4-5,8,11-12H,6-7,9-10H2,1-3H3. The van der Waals surface area contributed by atoms with Gasteiger partial charge in [-0.2, -0.15) is 5.10 Å². The summed E-state index contributed by atoms with van der Waals surface area (Å²) in [5.41, 5.74) is 1.04. The van der Waals surface area contributed by atoms with Gasteiger partial charge >= 0.3 is 5.97 Å². The first-order valence-electron chi connectivity index (χ1n) is 7.77. The van der Waals surface area contributed by atoms with Crippen LogP contribution in [0.15, 0.2) is 18.3 Å². The molecule has 1 aliphatic heterocycles. The van der Waals surface area contributed by atoms with Crippen LogP contribution in [0.2, 0.25) is 0 Å². The van der Waals surface area contributed by atoms with E-state index in [0.717, 1.165) is 31.8 Å². The number of methoxy groups -OCH3 is 1. The predicted octanol–water partition coefficient (Wildman–Crippen LogP) is 2.10. The summed E-state index contributed by atoms with van der Waals surface area (Å²) in [5.74, 6) is 0.819. The summed E-state index contributed by atoms with van der Waals surface area (Å²) < 4.78 is 6.49. The summed E-state index contributed by atoms with van der Waals surface area (Å²) in [6, 6.07) is 4.10. The number of fused-ring (bicyclic) bond motifs is 1. The van der Waals surface area contributed by atoms with E-state index in [-0.39, 0.29) is 5.97 Å². The van der Waals surface area contributed by atoms with Crippen molar-refractivity contribution >= 4 is 11.6 Å². The second kappa shape index (κ2) is 6.04. The first-order chi connectivity index (χ1) is 10.6. The Morgan fingerprint density at radius 3 is 2.73 bits per heavy atom. The fourth-order valence-electron chi connectivity index (χ4n) is 3.04. The average Bonchev–Trinajstić information content (AvgIpc) is 2.98. The third-order valence-corrected chi connectivity index (χ3v) is 4.41. The van der Waals surface area contributed by atoms with Crippen LogP contribution in [0.5, 0.6) is 0 Å². The molecule has 2 aromatic rings. The van der Waals surface area contributed by atoms with Gasteiger partial charge in [0.1, 0.15) is 5.56 Å². The first-order valence-corrected chi connectivity index (χ1v) is 7.77. The fraction of sp³-hybridized carbons (Fsp3) is 0.562. The van der Waals surface area contributed by atoms with E-state index in [9.17, 15) is 4.79 Å². The molecule has 22 heavy (non-hydrogen) atoms. The third-order valence-electron chi connectivity index (χ3n) is 4.41. The Hall–Kier alpha value is -1.95. The Kier molecular flexibility index (Phi) is 4.11. The number of esters is 1. The van der Waals surface area contributed by atoms with Gasteiger partial charge in [0, 0.05) is 18.2 Å². The molecule has 3 heterocycles. The SMILES string of the molecule is COC(=O)c1cccn2nc(C3CCN(C(C)C)CC3)nc12. The Morgan fingerprint density at radius 2 is 2.09 bits per heavy atom. The maximum atomic E-state index is 11.8. The predicted molar refractivity (Wildman–Crippen MR) is 83.0 cm³/mol. The molecular formula is C16H22N4O2. The van der Waals surface area contributed by atoms with Gasteiger partial charge in [-0.05, 0) is 51.9 Å². The summed E-state index contributed by atoms with van der Waals surface area (Å²) in [6.07, 6.45) is 3.94. The molecular weight excluding hydrogens is 280 g/mol. The van der Waals surface area contributed by atoms with E-state index >= 15 is 0 Å². The zero-order valence-electron chi connectivity index (χ0n) is 13.3. The molecule has 0 aromatic carbocycles. The minimum Gasteiger partial charge on any atom is -0.465 e. The van der Waals surface area contributed by atoms with Crippen LogP contribution in [0.25, 0.3) is 5.65 Å². The number of carbonyl (C=O) groups excluding carboxylic acids is 1. The van der Waals surface area contributed by atoms with Crippen molar-refractivity contribution in [3.63, 3.8) is 0 Å². The van der Waals surface area contributed by atoms with Crippen LogP contribution < -0.4 is 0 Å². The fourth-order valence-corrected chi connectivity index (χ4v) is 3.04. The zero-order valence-corrected chi connectivity index (χ0v) is 13.3. The van der Waals surface area contributed by atoms with Crippen LogP contribution in [0.1, 0.15) is 48.8 Å². The van der Waals surface area contributed by atoms with E-state index < -0.39 is 0 Å². The molecule has 0 N–H and O–H groups in total. The highest BCUT2D eigenvalue weighted by molar-refractivity contribution is 5.95. The van der Waals surface area contributed by atoms with Crippen molar-refractivity contribution in [2.45, 2.75) is 38.6 Å². The van der Waals surface area contributed by atoms with Crippen LogP contribution in [-0.2, 0) is 4.74 Å². The van der Waals surface area contributed by atoms with Crippen molar-refractivity contribution in [1.29, 1.82) is 0 Å².